The molecule has 0 saturated heterocycles. The first-order chi connectivity index (χ1) is 9.34. The minimum absolute atomic E-state index is 0.142. The van der Waals surface area contributed by atoms with E-state index in [4.69, 9.17) is 0 Å². The summed E-state index contributed by atoms with van der Waals surface area (Å²) in [5.74, 6) is -0.142. The van der Waals surface area contributed by atoms with Crippen molar-refractivity contribution in [3.05, 3.63) is 59.9 Å². The second-order valence-corrected chi connectivity index (χ2v) is 4.77. The summed E-state index contributed by atoms with van der Waals surface area (Å²) in [4.78, 5) is 2.11. The van der Waals surface area contributed by atoms with Crippen LogP contribution in [0.5, 0.6) is 0 Å². The van der Waals surface area contributed by atoms with Gasteiger partial charge in [0.2, 0.25) is 0 Å². The molecule has 0 aliphatic carbocycles. The summed E-state index contributed by atoms with van der Waals surface area (Å²) < 4.78 is 13.8. The molecule has 2 nitrogen and oxygen atoms in total. The van der Waals surface area contributed by atoms with Crippen molar-refractivity contribution in [2.75, 3.05) is 29.9 Å². The van der Waals surface area contributed by atoms with Gasteiger partial charge < -0.3 is 10.2 Å². The Morgan fingerprint density at radius 1 is 0.947 bits per heavy atom. The third kappa shape index (κ3) is 2.55. The summed E-state index contributed by atoms with van der Waals surface area (Å²) in [7, 11) is 0. The van der Waals surface area contributed by atoms with Gasteiger partial charge in [-0.1, -0.05) is 30.3 Å². The van der Waals surface area contributed by atoms with Crippen molar-refractivity contribution in [3.8, 4) is 0 Å². The average Bonchev–Trinajstić information content (AvgIpc) is 2.41. The van der Waals surface area contributed by atoms with E-state index >= 15 is 0 Å². The fourth-order valence-corrected chi connectivity index (χ4v) is 2.55. The fraction of sp³-hybridized carbons (Fsp3) is 0.250. The third-order valence-corrected chi connectivity index (χ3v) is 3.56. The van der Waals surface area contributed by atoms with Gasteiger partial charge in [-0.15, -0.1) is 0 Å². The van der Waals surface area contributed by atoms with Crippen molar-refractivity contribution in [1.29, 1.82) is 0 Å². The van der Waals surface area contributed by atoms with E-state index in [0.717, 1.165) is 26.1 Å². The highest BCUT2D eigenvalue weighted by Crippen LogP contribution is 2.22. The van der Waals surface area contributed by atoms with Crippen molar-refractivity contribution < 1.29 is 4.39 Å². The molecule has 2 aromatic rings. The second kappa shape index (κ2) is 5.31. The summed E-state index contributed by atoms with van der Waals surface area (Å²) in [6.45, 7) is 2.49. The topological polar surface area (TPSA) is 15.3 Å². The minimum Gasteiger partial charge on any atom is -0.383 e. The molecule has 19 heavy (non-hydrogen) atoms. The third-order valence-electron chi connectivity index (χ3n) is 3.56. The smallest absolute Gasteiger partial charge is 0.146 e. The van der Waals surface area contributed by atoms with Crippen molar-refractivity contribution in [2.45, 2.75) is 6.42 Å². The Balaban J connectivity index is 1.83. The van der Waals surface area contributed by atoms with Crippen molar-refractivity contribution in [2.24, 2.45) is 0 Å². The lowest BCUT2D eigenvalue weighted by Gasteiger charge is -2.28. The summed E-state index contributed by atoms with van der Waals surface area (Å²) in [5.41, 5.74) is 3.20. The number of benzene rings is 2. The van der Waals surface area contributed by atoms with Gasteiger partial charge in [0.15, 0.2) is 0 Å². The monoisotopic (exact) mass is 256 g/mol. The highest BCUT2D eigenvalue weighted by Gasteiger charge is 2.14. The van der Waals surface area contributed by atoms with Gasteiger partial charge in [0.1, 0.15) is 5.82 Å². The van der Waals surface area contributed by atoms with Crippen LogP contribution in [-0.4, -0.2) is 19.6 Å². The standard InChI is InChI=1S/C16H17FN2/c17-14-6-2-4-8-16(14)19-11-9-13-5-1-3-7-15(13)18-10-12-19/h1-8,18H,9-12H2. The van der Waals surface area contributed by atoms with E-state index in [2.05, 4.69) is 28.4 Å². The quantitative estimate of drug-likeness (QED) is 0.842. The Kier molecular flexibility index (Phi) is 3.36. The average molecular weight is 256 g/mol. The summed E-state index contributed by atoms with van der Waals surface area (Å²) in [6, 6.07) is 15.3. The van der Waals surface area contributed by atoms with Gasteiger partial charge in [-0.2, -0.15) is 0 Å². The normalized spacial score (nSPS) is 15.1. The first kappa shape index (κ1) is 12.0. The Hall–Kier alpha value is -2.03. The van der Waals surface area contributed by atoms with Gasteiger partial charge in [-0.3, -0.25) is 0 Å². The predicted molar refractivity (Wildman–Crippen MR) is 77.2 cm³/mol. The highest BCUT2D eigenvalue weighted by molar-refractivity contribution is 5.54. The van der Waals surface area contributed by atoms with Crippen LogP contribution < -0.4 is 10.2 Å². The number of rotatable bonds is 1. The molecule has 0 fully saturated rings. The molecule has 0 bridgehead atoms. The van der Waals surface area contributed by atoms with Crippen LogP contribution in [-0.2, 0) is 6.42 Å². The predicted octanol–water partition coefficient (Wildman–Crippen LogP) is 3.30. The summed E-state index contributed by atoms with van der Waals surface area (Å²) in [6.07, 6.45) is 0.928. The number of para-hydroxylation sites is 2. The molecule has 0 saturated carbocycles. The molecular weight excluding hydrogens is 239 g/mol. The van der Waals surface area contributed by atoms with E-state index in [1.54, 1.807) is 6.07 Å². The first-order valence-corrected chi connectivity index (χ1v) is 6.66. The molecule has 0 radical (unpaired) electrons. The Bertz CT molecular complexity index is 568. The molecule has 0 amide bonds. The SMILES string of the molecule is Fc1ccccc1N1CCNc2ccccc2CC1. The van der Waals surface area contributed by atoms with Crippen molar-refractivity contribution >= 4 is 11.4 Å². The van der Waals surface area contributed by atoms with Crippen LogP contribution in [0.2, 0.25) is 0 Å². The Morgan fingerprint density at radius 2 is 1.74 bits per heavy atom. The highest BCUT2D eigenvalue weighted by atomic mass is 19.1. The molecule has 3 rings (SSSR count). The van der Waals surface area contributed by atoms with Crippen molar-refractivity contribution in [1.82, 2.24) is 0 Å². The lowest BCUT2D eigenvalue weighted by atomic mass is 10.1. The van der Waals surface area contributed by atoms with Crippen LogP contribution in [0.4, 0.5) is 15.8 Å². The molecule has 1 aliphatic rings. The largest absolute Gasteiger partial charge is 0.383 e. The van der Waals surface area contributed by atoms with Gasteiger partial charge >= 0.3 is 0 Å². The number of nitrogens with zero attached hydrogens (tertiary/aromatic N) is 1. The number of nitrogens with one attached hydrogen (secondary N) is 1. The lowest BCUT2D eigenvalue weighted by Crippen LogP contribution is -2.33. The Labute approximate surface area is 112 Å². The van der Waals surface area contributed by atoms with Gasteiger partial charge in [0.25, 0.3) is 0 Å². The number of fused-ring (bicyclic) bond motifs is 1. The minimum atomic E-state index is -0.142. The molecule has 2 aromatic carbocycles. The molecule has 0 spiro atoms. The Morgan fingerprint density at radius 3 is 2.63 bits per heavy atom. The van der Waals surface area contributed by atoms with Gasteiger partial charge in [-0.25, -0.2) is 4.39 Å². The summed E-state index contributed by atoms with van der Waals surface area (Å²) >= 11 is 0. The molecule has 98 valence electrons. The van der Waals surface area contributed by atoms with E-state index in [1.807, 2.05) is 18.2 Å². The molecular formula is C16H17FN2. The number of halogens is 1. The maximum atomic E-state index is 13.8. The molecule has 1 aliphatic heterocycles. The van der Waals surface area contributed by atoms with Gasteiger partial charge in [0, 0.05) is 25.3 Å². The van der Waals surface area contributed by atoms with Crippen LogP contribution in [0.1, 0.15) is 5.56 Å². The van der Waals surface area contributed by atoms with E-state index in [9.17, 15) is 4.39 Å². The zero-order valence-electron chi connectivity index (χ0n) is 10.8. The van der Waals surface area contributed by atoms with E-state index < -0.39 is 0 Å². The first-order valence-electron chi connectivity index (χ1n) is 6.66. The second-order valence-electron chi connectivity index (χ2n) is 4.77. The van der Waals surface area contributed by atoms with E-state index in [1.165, 1.54) is 17.3 Å². The lowest BCUT2D eigenvalue weighted by molar-refractivity contribution is 0.616. The number of hydrogen-bond acceptors (Lipinski definition) is 2. The summed E-state index contributed by atoms with van der Waals surface area (Å²) in [5, 5.41) is 3.42. The molecule has 0 aromatic heterocycles. The molecule has 3 heteroatoms. The fourth-order valence-electron chi connectivity index (χ4n) is 2.55. The molecule has 1 heterocycles. The molecule has 1 N–H and O–H groups in total. The van der Waals surface area contributed by atoms with Crippen LogP contribution in [0.25, 0.3) is 0 Å². The molecule has 0 unspecified atom stereocenters. The number of hydrogen-bond donors (Lipinski definition) is 1. The number of anilines is 2. The van der Waals surface area contributed by atoms with Gasteiger partial charge in [-0.05, 0) is 30.2 Å². The van der Waals surface area contributed by atoms with E-state index in [-0.39, 0.29) is 5.82 Å². The maximum Gasteiger partial charge on any atom is 0.146 e. The van der Waals surface area contributed by atoms with E-state index in [0.29, 0.717) is 5.69 Å². The van der Waals surface area contributed by atoms with Crippen LogP contribution >= 0.6 is 0 Å². The van der Waals surface area contributed by atoms with Crippen LogP contribution in [0.15, 0.2) is 48.5 Å². The molecule has 0 atom stereocenters. The maximum absolute atomic E-state index is 13.8. The van der Waals surface area contributed by atoms with Gasteiger partial charge in [0.05, 0.1) is 5.69 Å². The van der Waals surface area contributed by atoms with Crippen molar-refractivity contribution in [3.63, 3.8) is 0 Å². The van der Waals surface area contributed by atoms with Crippen LogP contribution in [0, 0.1) is 5.82 Å². The van der Waals surface area contributed by atoms with Crippen LogP contribution in [0.3, 0.4) is 0 Å². The zero-order valence-corrected chi connectivity index (χ0v) is 10.8. The zero-order chi connectivity index (χ0) is 13.1.